The highest BCUT2D eigenvalue weighted by molar-refractivity contribution is 9.10. The molecule has 0 unspecified atom stereocenters. The van der Waals surface area contributed by atoms with E-state index in [4.69, 9.17) is 11.6 Å². The van der Waals surface area contributed by atoms with Crippen molar-refractivity contribution >= 4 is 21.8 Å². The SMILES string of the molecule is Cc1cccc(Br)c1/C(N)=N/N. The molecule has 0 aliphatic carbocycles. The second-order valence-electron chi connectivity index (χ2n) is 2.45. The predicted octanol–water partition coefficient (Wildman–Crippen LogP) is 1.34. The van der Waals surface area contributed by atoms with Crippen LogP contribution in [0.3, 0.4) is 0 Å². The Bertz CT molecular complexity index is 300. The number of halogens is 1. The van der Waals surface area contributed by atoms with Gasteiger partial charge in [-0.2, -0.15) is 5.10 Å². The molecule has 1 aromatic carbocycles. The van der Waals surface area contributed by atoms with Gasteiger partial charge >= 0.3 is 0 Å². The van der Waals surface area contributed by atoms with E-state index in [1.165, 1.54) is 0 Å². The molecule has 0 amide bonds. The van der Waals surface area contributed by atoms with Crippen LogP contribution in [0.15, 0.2) is 27.8 Å². The quantitative estimate of drug-likeness (QED) is 0.329. The summed E-state index contributed by atoms with van der Waals surface area (Å²) in [5, 5.41) is 3.44. The molecule has 3 nitrogen and oxygen atoms in total. The third-order valence-electron chi connectivity index (χ3n) is 1.62. The van der Waals surface area contributed by atoms with E-state index < -0.39 is 0 Å². The average Bonchev–Trinajstić information content (AvgIpc) is 2.03. The molecule has 0 aliphatic rings. The zero-order valence-electron chi connectivity index (χ0n) is 6.71. The van der Waals surface area contributed by atoms with E-state index in [2.05, 4.69) is 21.0 Å². The number of nitrogens with zero attached hydrogens (tertiary/aromatic N) is 1. The van der Waals surface area contributed by atoms with E-state index in [0.29, 0.717) is 5.84 Å². The van der Waals surface area contributed by atoms with Gasteiger partial charge in [0.15, 0.2) is 5.84 Å². The summed E-state index contributed by atoms with van der Waals surface area (Å²) in [6, 6.07) is 5.80. The fraction of sp³-hybridized carbons (Fsp3) is 0.125. The summed E-state index contributed by atoms with van der Waals surface area (Å²) < 4.78 is 0.911. The third kappa shape index (κ3) is 1.58. The highest BCUT2D eigenvalue weighted by Gasteiger charge is 2.06. The van der Waals surface area contributed by atoms with E-state index in [-0.39, 0.29) is 0 Å². The molecule has 0 atom stereocenters. The standard InChI is InChI=1S/C8H10BrN3/c1-5-3-2-4-6(9)7(5)8(10)12-11/h2-4H,11H2,1H3,(H2,10,12). The van der Waals surface area contributed by atoms with Crippen molar-refractivity contribution in [1.82, 2.24) is 0 Å². The Labute approximate surface area is 79.6 Å². The van der Waals surface area contributed by atoms with Crippen molar-refractivity contribution in [3.05, 3.63) is 33.8 Å². The van der Waals surface area contributed by atoms with Crippen molar-refractivity contribution in [3.8, 4) is 0 Å². The van der Waals surface area contributed by atoms with Crippen molar-refractivity contribution in [2.75, 3.05) is 0 Å². The van der Waals surface area contributed by atoms with Crippen LogP contribution >= 0.6 is 15.9 Å². The summed E-state index contributed by atoms with van der Waals surface area (Å²) in [5.41, 5.74) is 7.50. The van der Waals surface area contributed by atoms with Crippen LogP contribution in [0, 0.1) is 6.92 Å². The van der Waals surface area contributed by atoms with Crippen molar-refractivity contribution in [3.63, 3.8) is 0 Å². The molecule has 0 saturated heterocycles. The van der Waals surface area contributed by atoms with Crippen LogP contribution < -0.4 is 11.6 Å². The van der Waals surface area contributed by atoms with Crippen LogP contribution in [-0.2, 0) is 0 Å². The van der Waals surface area contributed by atoms with Gasteiger partial charge in [-0.1, -0.05) is 28.1 Å². The Morgan fingerprint density at radius 1 is 1.50 bits per heavy atom. The first kappa shape index (κ1) is 9.06. The fourth-order valence-electron chi connectivity index (χ4n) is 1.02. The van der Waals surface area contributed by atoms with Gasteiger partial charge in [-0.15, -0.1) is 0 Å². The van der Waals surface area contributed by atoms with Crippen LogP contribution in [0.1, 0.15) is 11.1 Å². The molecule has 0 saturated carbocycles. The monoisotopic (exact) mass is 227 g/mol. The smallest absolute Gasteiger partial charge is 0.151 e. The van der Waals surface area contributed by atoms with Gasteiger partial charge in [0.1, 0.15) is 0 Å². The molecule has 0 fully saturated rings. The van der Waals surface area contributed by atoms with Gasteiger partial charge in [-0.05, 0) is 18.6 Å². The Kier molecular flexibility index (Phi) is 2.70. The highest BCUT2D eigenvalue weighted by atomic mass is 79.9. The molecule has 0 aliphatic heterocycles. The van der Waals surface area contributed by atoms with Gasteiger partial charge in [-0.25, -0.2) is 0 Å². The number of nitrogens with two attached hydrogens (primary N) is 2. The zero-order valence-corrected chi connectivity index (χ0v) is 8.30. The number of amidine groups is 1. The van der Waals surface area contributed by atoms with E-state index in [0.717, 1.165) is 15.6 Å². The first-order valence-corrected chi connectivity index (χ1v) is 4.25. The maximum atomic E-state index is 5.59. The Morgan fingerprint density at radius 2 is 2.17 bits per heavy atom. The van der Waals surface area contributed by atoms with Crippen LogP contribution in [0.2, 0.25) is 0 Å². The predicted molar refractivity (Wildman–Crippen MR) is 53.8 cm³/mol. The Balaban J connectivity index is 3.31. The average molecular weight is 228 g/mol. The number of aryl methyl sites for hydroxylation is 1. The number of hydrogen-bond acceptors (Lipinski definition) is 2. The summed E-state index contributed by atoms with van der Waals surface area (Å²) in [5.74, 6) is 5.43. The summed E-state index contributed by atoms with van der Waals surface area (Å²) in [7, 11) is 0. The van der Waals surface area contributed by atoms with Gasteiger partial charge < -0.3 is 11.6 Å². The van der Waals surface area contributed by atoms with Gasteiger partial charge in [0.25, 0.3) is 0 Å². The summed E-state index contributed by atoms with van der Waals surface area (Å²) >= 11 is 3.37. The number of rotatable bonds is 1. The van der Waals surface area contributed by atoms with Crippen LogP contribution in [0.4, 0.5) is 0 Å². The lowest BCUT2D eigenvalue weighted by molar-refractivity contribution is 1.22. The van der Waals surface area contributed by atoms with Crippen LogP contribution in [0.5, 0.6) is 0 Å². The molecule has 0 radical (unpaired) electrons. The lowest BCUT2D eigenvalue weighted by Crippen LogP contribution is -2.17. The molecule has 0 aromatic heterocycles. The molecule has 4 heteroatoms. The molecular weight excluding hydrogens is 218 g/mol. The minimum absolute atomic E-state index is 0.347. The normalized spacial score (nSPS) is 11.7. The summed E-state index contributed by atoms with van der Waals surface area (Å²) in [6.07, 6.45) is 0. The Morgan fingerprint density at radius 3 is 2.67 bits per heavy atom. The lowest BCUT2D eigenvalue weighted by atomic mass is 10.1. The highest BCUT2D eigenvalue weighted by Crippen LogP contribution is 2.19. The zero-order chi connectivity index (χ0) is 9.14. The summed E-state index contributed by atoms with van der Waals surface area (Å²) in [6.45, 7) is 1.96. The molecule has 1 aromatic rings. The lowest BCUT2D eigenvalue weighted by Gasteiger charge is -2.05. The Hall–Kier alpha value is -1.03. The molecule has 1 rings (SSSR count). The molecular formula is C8H10BrN3. The van der Waals surface area contributed by atoms with Crippen molar-refractivity contribution in [2.45, 2.75) is 6.92 Å². The number of hydrogen-bond donors (Lipinski definition) is 2. The van der Waals surface area contributed by atoms with E-state index in [1.54, 1.807) is 0 Å². The van der Waals surface area contributed by atoms with Crippen molar-refractivity contribution in [2.24, 2.45) is 16.7 Å². The third-order valence-corrected chi connectivity index (χ3v) is 2.28. The number of hydrazone groups is 1. The largest absolute Gasteiger partial charge is 0.382 e. The number of benzene rings is 1. The van der Waals surface area contributed by atoms with Gasteiger partial charge in [0.2, 0.25) is 0 Å². The van der Waals surface area contributed by atoms with Gasteiger partial charge in [0.05, 0.1) is 0 Å². The van der Waals surface area contributed by atoms with Crippen LogP contribution in [-0.4, -0.2) is 5.84 Å². The van der Waals surface area contributed by atoms with E-state index in [9.17, 15) is 0 Å². The second kappa shape index (κ2) is 3.58. The fourth-order valence-corrected chi connectivity index (χ4v) is 1.69. The first-order chi connectivity index (χ1) is 5.66. The topological polar surface area (TPSA) is 64.4 Å². The van der Waals surface area contributed by atoms with Gasteiger partial charge in [-0.3, -0.25) is 0 Å². The molecule has 4 N–H and O–H groups in total. The molecule has 0 heterocycles. The van der Waals surface area contributed by atoms with Gasteiger partial charge in [0, 0.05) is 10.0 Å². The molecule has 0 spiro atoms. The molecule has 12 heavy (non-hydrogen) atoms. The van der Waals surface area contributed by atoms with Crippen molar-refractivity contribution in [1.29, 1.82) is 0 Å². The minimum Gasteiger partial charge on any atom is -0.382 e. The maximum absolute atomic E-state index is 5.59. The van der Waals surface area contributed by atoms with E-state index >= 15 is 0 Å². The maximum Gasteiger partial charge on any atom is 0.151 e. The molecule has 64 valence electrons. The second-order valence-corrected chi connectivity index (χ2v) is 3.30. The van der Waals surface area contributed by atoms with Crippen molar-refractivity contribution < 1.29 is 0 Å². The van der Waals surface area contributed by atoms with E-state index in [1.807, 2.05) is 25.1 Å². The minimum atomic E-state index is 0.347. The first-order valence-electron chi connectivity index (χ1n) is 3.45. The molecule has 0 bridgehead atoms. The summed E-state index contributed by atoms with van der Waals surface area (Å²) in [4.78, 5) is 0. The van der Waals surface area contributed by atoms with Crippen LogP contribution in [0.25, 0.3) is 0 Å².